The number of para-hydroxylation sites is 1. The first-order valence-corrected chi connectivity index (χ1v) is 7.61. The molecule has 1 aromatic carbocycles. The maximum Gasteiger partial charge on any atom is 0.227 e. The first kappa shape index (κ1) is 14.9. The van der Waals surface area contributed by atoms with Gasteiger partial charge in [0.1, 0.15) is 0 Å². The molecule has 5 heteroatoms. The summed E-state index contributed by atoms with van der Waals surface area (Å²) >= 11 is 0. The lowest BCUT2D eigenvalue weighted by molar-refractivity contribution is -0.129. The molecule has 2 aromatic rings. The third kappa shape index (κ3) is 2.82. The topological polar surface area (TPSA) is 79.5 Å². The molecule has 116 valence electrons. The fraction of sp³-hybridized carbons (Fsp3) is 0.412. The lowest BCUT2D eigenvalue weighted by Gasteiger charge is -2.16. The Hall–Kier alpha value is -1.98. The SMILES string of the molecule is Cc1cc(CO)c2cccc(CC(=O)N3CC[C@@H](N)C3)c2n1. The number of aromatic nitrogens is 1. The van der Waals surface area contributed by atoms with E-state index in [1.54, 1.807) is 0 Å². The Labute approximate surface area is 129 Å². The summed E-state index contributed by atoms with van der Waals surface area (Å²) in [7, 11) is 0. The minimum absolute atomic E-state index is 0.0295. The zero-order valence-corrected chi connectivity index (χ0v) is 12.7. The smallest absolute Gasteiger partial charge is 0.227 e. The molecule has 2 heterocycles. The number of aliphatic hydroxyl groups is 1. The van der Waals surface area contributed by atoms with Crippen LogP contribution >= 0.6 is 0 Å². The maximum atomic E-state index is 12.4. The first-order valence-electron chi connectivity index (χ1n) is 7.61. The molecule has 0 spiro atoms. The number of pyridine rings is 1. The van der Waals surface area contributed by atoms with E-state index in [4.69, 9.17) is 5.73 Å². The van der Waals surface area contributed by atoms with E-state index in [2.05, 4.69) is 4.98 Å². The largest absolute Gasteiger partial charge is 0.392 e. The van der Waals surface area contributed by atoms with Crippen LogP contribution in [0.5, 0.6) is 0 Å². The summed E-state index contributed by atoms with van der Waals surface area (Å²) in [5, 5.41) is 10.4. The van der Waals surface area contributed by atoms with Gasteiger partial charge in [-0.1, -0.05) is 18.2 Å². The molecular weight excluding hydrogens is 278 g/mol. The van der Waals surface area contributed by atoms with E-state index in [-0.39, 0.29) is 18.6 Å². The Bertz CT molecular complexity index is 714. The van der Waals surface area contributed by atoms with Gasteiger partial charge >= 0.3 is 0 Å². The normalized spacial score (nSPS) is 18.1. The van der Waals surface area contributed by atoms with Gasteiger partial charge in [0.15, 0.2) is 0 Å². The van der Waals surface area contributed by atoms with Gasteiger partial charge in [-0.05, 0) is 30.5 Å². The summed E-state index contributed by atoms with van der Waals surface area (Å²) < 4.78 is 0. The number of hydrogen-bond donors (Lipinski definition) is 2. The second kappa shape index (κ2) is 6.02. The highest BCUT2D eigenvalue weighted by atomic mass is 16.3. The fourth-order valence-electron chi connectivity index (χ4n) is 3.08. The number of benzene rings is 1. The number of fused-ring (bicyclic) bond motifs is 1. The van der Waals surface area contributed by atoms with Crippen LogP contribution < -0.4 is 5.73 Å². The lowest BCUT2D eigenvalue weighted by atomic mass is 10.0. The number of hydrogen-bond acceptors (Lipinski definition) is 4. The van der Waals surface area contributed by atoms with Crippen LogP contribution in [-0.2, 0) is 17.8 Å². The standard InChI is InChI=1S/C17H21N3O2/c1-11-7-13(10-21)15-4-2-3-12(17(15)19-11)8-16(22)20-6-5-14(18)9-20/h2-4,7,14,21H,5-6,8-10,18H2,1H3/t14-/m1/s1. The van der Waals surface area contributed by atoms with Gasteiger partial charge < -0.3 is 15.7 Å². The second-order valence-corrected chi connectivity index (χ2v) is 5.96. The van der Waals surface area contributed by atoms with Crippen molar-refractivity contribution in [2.24, 2.45) is 5.73 Å². The fourth-order valence-corrected chi connectivity index (χ4v) is 3.08. The molecule has 1 aliphatic heterocycles. The summed E-state index contributed by atoms with van der Waals surface area (Å²) in [5.41, 5.74) is 9.28. The summed E-state index contributed by atoms with van der Waals surface area (Å²) in [6.07, 6.45) is 1.19. The highest BCUT2D eigenvalue weighted by Crippen LogP contribution is 2.23. The number of aryl methyl sites for hydroxylation is 1. The quantitative estimate of drug-likeness (QED) is 0.890. The number of likely N-dealkylation sites (tertiary alicyclic amines) is 1. The number of nitrogens with zero attached hydrogens (tertiary/aromatic N) is 2. The Morgan fingerprint density at radius 1 is 1.45 bits per heavy atom. The van der Waals surface area contributed by atoms with E-state index in [0.29, 0.717) is 13.0 Å². The average molecular weight is 299 g/mol. The van der Waals surface area contributed by atoms with Crippen LogP contribution in [0.25, 0.3) is 10.9 Å². The molecule has 1 atom stereocenters. The number of nitrogens with two attached hydrogens (primary N) is 1. The Kier molecular flexibility index (Phi) is 4.09. The molecule has 1 fully saturated rings. The molecular formula is C17H21N3O2. The van der Waals surface area contributed by atoms with Crippen molar-refractivity contribution in [2.75, 3.05) is 13.1 Å². The van der Waals surface area contributed by atoms with Crippen LogP contribution in [0.1, 0.15) is 23.2 Å². The zero-order valence-electron chi connectivity index (χ0n) is 12.7. The molecule has 0 saturated carbocycles. The van der Waals surface area contributed by atoms with Crippen LogP contribution in [0.2, 0.25) is 0 Å². The third-order valence-electron chi connectivity index (χ3n) is 4.23. The van der Waals surface area contributed by atoms with Crippen molar-refractivity contribution in [3.8, 4) is 0 Å². The molecule has 5 nitrogen and oxygen atoms in total. The average Bonchev–Trinajstić information content (AvgIpc) is 2.94. The van der Waals surface area contributed by atoms with Crippen LogP contribution in [0.4, 0.5) is 0 Å². The minimum Gasteiger partial charge on any atom is -0.392 e. The lowest BCUT2D eigenvalue weighted by Crippen LogP contribution is -2.33. The van der Waals surface area contributed by atoms with Crippen molar-refractivity contribution in [3.63, 3.8) is 0 Å². The molecule has 22 heavy (non-hydrogen) atoms. The van der Waals surface area contributed by atoms with E-state index in [1.807, 2.05) is 36.1 Å². The number of carbonyl (C=O) groups is 1. The number of carbonyl (C=O) groups excluding carboxylic acids is 1. The summed E-state index contributed by atoms with van der Waals surface area (Å²) in [6.45, 7) is 3.24. The molecule has 0 aliphatic carbocycles. The Morgan fingerprint density at radius 2 is 2.27 bits per heavy atom. The zero-order chi connectivity index (χ0) is 15.7. The molecule has 0 bridgehead atoms. The van der Waals surface area contributed by atoms with Crippen molar-refractivity contribution >= 4 is 16.8 Å². The van der Waals surface area contributed by atoms with Gasteiger partial charge in [0.25, 0.3) is 0 Å². The Morgan fingerprint density at radius 3 is 2.95 bits per heavy atom. The first-order chi connectivity index (χ1) is 10.6. The molecule has 3 rings (SSSR count). The maximum absolute atomic E-state index is 12.4. The molecule has 1 amide bonds. The molecule has 3 N–H and O–H groups in total. The van der Waals surface area contributed by atoms with E-state index < -0.39 is 0 Å². The van der Waals surface area contributed by atoms with Gasteiger partial charge in [0, 0.05) is 30.2 Å². The highest BCUT2D eigenvalue weighted by molar-refractivity contribution is 5.89. The second-order valence-electron chi connectivity index (χ2n) is 5.96. The summed E-state index contributed by atoms with van der Waals surface area (Å²) in [5.74, 6) is 0.0919. The van der Waals surface area contributed by atoms with Crippen LogP contribution in [0.15, 0.2) is 24.3 Å². The Balaban J connectivity index is 1.94. The predicted molar refractivity (Wildman–Crippen MR) is 85.3 cm³/mol. The number of amides is 1. The monoisotopic (exact) mass is 299 g/mol. The number of aliphatic hydroxyl groups excluding tert-OH is 1. The van der Waals surface area contributed by atoms with Crippen LogP contribution in [0.3, 0.4) is 0 Å². The van der Waals surface area contributed by atoms with Gasteiger partial charge in [-0.15, -0.1) is 0 Å². The third-order valence-corrected chi connectivity index (χ3v) is 4.23. The molecule has 1 aliphatic rings. The van der Waals surface area contributed by atoms with Crippen molar-refractivity contribution in [1.29, 1.82) is 0 Å². The van der Waals surface area contributed by atoms with Crippen molar-refractivity contribution < 1.29 is 9.90 Å². The van der Waals surface area contributed by atoms with Gasteiger partial charge in [-0.2, -0.15) is 0 Å². The van der Waals surface area contributed by atoms with Gasteiger partial charge in [-0.3, -0.25) is 9.78 Å². The predicted octanol–water partition coefficient (Wildman–Crippen LogP) is 1.14. The molecule has 1 aromatic heterocycles. The van der Waals surface area contributed by atoms with Crippen molar-refractivity contribution in [2.45, 2.75) is 32.4 Å². The van der Waals surface area contributed by atoms with Gasteiger partial charge in [0.05, 0.1) is 18.5 Å². The highest BCUT2D eigenvalue weighted by Gasteiger charge is 2.24. The summed E-state index contributed by atoms with van der Waals surface area (Å²) in [6, 6.07) is 7.76. The molecule has 0 unspecified atom stereocenters. The minimum atomic E-state index is -0.0295. The van der Waals surface area contributed by atoms with Crippen molar-refractivity contribution in [3.05, 3.63) is 41.1 Å². The van der Waals surface area contributed by atoms with Crippen LogP contribution in [-0.4, -0.2) is 40.0 Å². The van der Waals surface area contributed by atoms with Crippen molar-refractivity contribution in [1.82, 2.24) is 9.88 Å². The molecule has 1 saturated heterocycles. The number of rotatable bonds is 3. The van der Waals surface area contributed by atoms with E-state index in [9.17, 15) is 9.90 Å². The van der Waals surface area contributed by atoms with Gasteiger partial charge in [0.2, 0.25) is 5.91 Å². The molecule has 0 radical (unpaired) electrons. The van der Waals surface area contributed by atoms with E-state index in [0.717, 1.165) is 40.7 Å². The van der Waals surface area contributed by atoms with Gasteiger partial charge in [-0.25, -0.2) is 0 Å². The van der Waals surface area contributed by atoms with E-state index in [1.165, 1.54) is 0 Å². The van der Waals surface area contributed by atoms with Crippen LogP contribution in [0, 0.1) is 6.92 Å². The summed E-state index contributed by atoms with van der Waals surface area (Å²) in [4.78, 5) is 18.8. The van der Waals surface area contributed by atoms with E-state index >= 15 is 0 Å².